The Balaban J connectivity index is 1.97. The van der Waals surface area contributed by atoms with Gasteiger partial charge in [0.15, 0.2) is 0 Å². The summed E-state index contributed by atoms with van der Waals surface area (Å²) in [5.74, 6) is 0.346. The van der Waals surface area contributed by atoms with Crippen LogP contribution >= 0.6 is 11.6 Å². The van der Waals surface area contributed by atoms with E-state index in [1.807, 2.05) is 13.8 Å². The molecule has 0 atom stereocenters. The van der Waals surface area contributed by atoms with Crippen LogP contribution in [0.5, 0.6) is 17.4 Å². The summed E-state index contributed by atoms with van der Waals surface area (Å²) in [4.78, 5) is 15.6. The lowest BCUT2D eigenvalue weighted by atomic mass is 10.1. The minimum Gasteiger partial charge on any atom is -0.491 e. The van der Waals surface area contributed by atoms with Gasteiger partial charge in [-0.15, -0.1) is 0 Å². The molecule has 0 saturated carbocycles. The molecule has 1 amide bonds. The van der Waals surface area contributed by atoms with Gasteiger partial charge >= 0.3 is 22.5 Å². The molecule has 2 N–H and O–H groups in total. The van der Waals surface area contributed by atoms with E-state index in [0.29, 0.717) is 43.2 Å². The number of pyridine rings is 1. The summed E-state index contributed by atoms with van der Waals surface area (Å²) in [6.45, 7) is 4.56. The number of methoxy groups -OCH3 is 1. The number of ether oxygens (including phenoxy) is 5. The second-order valence-corrected chi connectivity index (χ2v) is 10.6. The Morgan fingerprint density at radius 2 is 1.85 bits per heavy atom. The van der Waals surface area contributed by atoms with Crippen molar-refractivity contribution in [3.8, 4) is 17.4 Å². The van der Waals surface area contributed by atoms with E-state index in [0.717, 1.165) is 0 Å². The Hall–Kier alpha value is -2.85. The number of hydrogen-bond acceptors (Lipinski definition) is 9. The number of aryl methyl sites for hydroxylation is 1. The maximum Gasteiger partial charge on any atom is 0.421 e. The van der Waals surface area contributed by atoms with Gasteiger partial charge < -0.3 is 23.7 Å². The normalized spacial score (nSPS) is 11.9. The number of carbonyl (C=O) groups excluding carboxylic acids is 1. The SMILES string of the molecule is COCCOc1ccc(CCCOC(=O)NS(=O)(=O)NCCCOC(C)C)c(Oc2ncc(C(F)(F)F)cc2Cl)c1. The molecule has 11 nitrogen and oxygen atoms in total. The number of nitrogens with one attached hydrogen (secondary N) is 2. The quantitative estimate of drug-likeness (QED) is 0.235. The highest BCUT2D eigenvalue weighted by Crippen LogP contribution is 2.36. The third-order valence-electron chi connectivity index (χ3n) is 5.04. The number of halogens is 4. The van der Waals surface area contributed by atoms with Crippen LogP contribution in [0.4, 0.5) is 18.0 Å². The summed E-state index contributed by atoms with van der Waals surface area (Å²) in [6.07, 6.45) is -4.21. The molecule has 1 heterocycles. The topological polar surface area (TPSA) is 134 Å². The van der Waals surface area contributed by atoms with Crippen molar-refractivity contribution >= 4 is 27.9 Å². The number of carbonyl (C=O) groups is 1. The lowest BCUT2D eigenvalue weighted by molar-refractivity contribution is -0.137. The molecule has 1 aromatic heterocycles. The number of benzene rings is 1. The van der Waals surface area contributed by atoms with E-state index in [4.69, 9.17) is 35.3 Å². The van der Waals surface area contributed by atoms with Crippen LogP contribution in [0, 0.1) is 0 Å². The Kier molecular flexibility index (Phi) is 13.9. The average molecular weight is 628 g/mol. The zero-order valence-electron chi connectivity index (χ0n) is 22.8. The lowest BCUT2D eigenvalue weighted by Gasteiger charge is -2.15. The van der Waals surface area contributed by atoms with Gasteiger partial charge in [0.1, 0.15) is 23.1 Å². The number of hydrogen-bond donors (Lipinski definition) is 2. The van der Waals surface area contributed by atoms with E-state index in [2.05, 4.69) is 9.71 Å². The van der Waals surface area contributed by atoms with Gasteiger partial charge in [0.25, 0.3) is 0 Å². The maximum absolute atomic E-state index is 13.0. The first-order chi connectivity index (χ1) is 19.3. The molecule has 2 aromatic rings. The zero-order valence-corrected chi connectivity index (χ0v) is 24.3. The predicted molar refractivity (Wildman–Crippen MR) is 144 cm³/mol. The third-order valence-corrected chi connectivity index (χ3v) is 6.33. The van der Waals surface area contributed by atoms with E-state index >= 15 is 0 Å². The van der Waals surface area contributed by atoms with Crippen molar-refractivity contribution in [1.29, 1.82) is 0 Å². The first-order valence-corrected chi connectivity index (χ1v) is 14.4. The second kappa shape index (κ2) is 16.6. The van der Waals surface area contributed by atoms with Crippen LogP contribution in [0.1, 0.15) is 37.8 Å². The van der Waals surface area contributed by atoms with Crippen molar-refractivity contribution in [2.24, 2.45) is 0 Å². The first kappa shape index (κ1) is 34.4. The van der Waals surface area contributed by atoms with Crippen molar-refractivity contribution in [1.82, 2.24) is 14.4 Å². The molecule has 0 aliphatic rings. The molecule has 0 aliphatic carbocycles. The van der Waals surface area contributed by atoms with E-state index < -0.39 is 28.0 Å². The van der Waals surface area contributed by atoms with Gasteiger partial charge in [0.05, 0.1) is 24.9 Å². The molecule has 0 aliphatic heterocycles. The number of aromatic nitrogens is 1. The summed E-state index contributed by atoms with van der Waals surface area (Å²) in [6, 6.07) is 5.53. The lowest BCUT2D eigenvalue weighted by Crippen LogP contribution is -2.41. The number of alkyl halides is 3. The molecule has 2 rings (SSSR count). The van der Waals surface area contributed by atoms with E-state index in [-0.39, 0.29) is 55.4 Å². The zero-order chi connectivity index (χ0) is 30.5. The highest BCUT2D eigenvalue weighted by Gasteiger charge is 2.32. The van der Waals surface area contributed by atoms with Crippen LogP contribution in [-0.4, -0.2) is 65.7 Å². The fourth-order valence-electron chi connectivity index (χ4n) is 3.13. The Morgan fingerprint density at radius 3 is 2.51 bits per heavy atom. The molecular formula is C25H33ClF3N3O8S. The van der Waals surface area contributed by atoms with Gasteiger partial charge in [-0.2, -0.15) is 26.3 Å². The molecule has 0 spiro atoms. The molecule has 0 radical (unpaired) electrons. The number of amides is 1. The van der Waals surface area contributed by atoms with Crippen LogP contribution in [0.15, 0.2) is 30.5 Å². The smallest absolute Gasteiger partial charge is 0.421 e. The standard InChI is InChI=1S/C25H33ClF3N3O8S/c1-17(2)37-11-5-9-31-41(34,35)32-24(33)39-10-4-6-18-7-8-20(38-13-12-36-3)15-22(18)40-23-21(26)14-19(16-30-23)25(27,28)29/h7-8,14-17,31H,4-6,9-13H2,1-3H3,(H,32,33). The highest BCUT2D eigenvalue weighted by molar-refractivity contribution is 7.88. The third kappa shape index (κ3) is 13.1. The molecule has 0 saturated heterocycles. The molecular weight excluding hydrogens is 595 g/mol. The van der Waals surface area contributed by atoms with Gasteiger partial charge in [-0.05, 0) is 50.8 Å². The molecule has 0 unspecified atom stereocenters. The largest absolute Gasteiger partial charge is 0.491 e. The molecule has 41 heavy (non-hydrogen) atoms. The van der Waals surface area contributed by atoms with Crippen molar-refractivity contribution in [2.45, 2.75) is 45.4 Å². The van der Waals surface area contributed by atoms with Gasteiger partial charge in [-0.1, -0.05) is 17.7 Å². The minimum atomic E-state index is -4.63. The fraction of sp³-hybridized carbons (Fsp3) is 0.520. The van der Waals surface area contributed by atoms with Crippen molar-refractivity contribution in [3.05, 3.63) is 46.6 Å². The summed E-state index contributed by atoms with van der Waals surface area (Å²) >= 11 is 5.99. The van der Waals surface area contributed by atoms with E-state index in [1.54, 1.807) is 16.9 Å². The van der Waals surface area contributed by atoms with Gasteiger partial charge in [-0.25, -0.2) is 14.5 Å². The molecule has 1 aromatic carbocycles. The summed E-state index contributed by atoms with van der Waals surface area (Å²) in [5, 5.41) is -0.348. The molecule has 16 heteroatoms. The summed E-state index contributed by atoms with van der Waals surface area (Å²) < 4.78 is 93.3. The van der Waals surface area contributed by atoms with Gasteiger partial charge in [0.2, 0.25) is 5.88 Å². The second-order valence-electron chi connectivity index (χ2n) is 8.73. The number of nitrogens with zero attached hydrogens (tertiary/aromatic N) is 1. The predicted octanol–water partition coefficient (Wildman–Crippen LogP) is 4.88. The van der Waals surface area contributed by atoms with Crippen molar-refractivity contribution in [3.63, 3.8) is 0 Å². The van der Waals surface area contributed by atoms with E-state index in [9.17, 15) is 26.4 Å². The highest BCUT2D eigenvalue weighted by atomic mass is 35.5. The maximum atomic E-state index is 13.0. The Bertz CT molecular complexity index is 1230. The van der Waals surface area contributed by atoms with Crippen LogP contribution in [-0.2, 0) is 37.0 Å². The number of rotatable bonds is 17. The van der Waals surface area contributed by atoms with Crippen LogP contribution in [0.3, 0.4) is 0 Å². The fourth-order valence-corrected chi connectivity index (χ4v) is 4.10. The minimum absolute atomic E-state index is 0.0220. The molecule has 230 valence electrons. The average Bonchev–Trinajstić information content (AvgIpc) is 2.87. The van der Waals surface area contributed by atoms with E-state index in [1.165, 1.54) is 13.2 Å². The van der Waals surface area contributed by atoms with Crippen LogP contribution < -0.4 is 18.9 Å². The monoisotopic (exact) mass is 627 g/mol. The molecule has 0 fully saturated rings. The van der Waals surface area contributed by atoms with Crippen molar-refractivity contribution < 1.29 is 50.1 Å². The van der Waals surface area contributed by atoms with Crippen LogP contribution in [0.25, 0.3) is 0 Å². The van der Waals surface area contributed by atoms with Gasteiger partial charge in [-0.3, -0.25) is 0 Å². The molecule has 0 bridgehead atoms. The Morgan fingerprint density at radius 1 is 1.10 bits per heavy atom. The Labute approximate surface area is 241 Å². The summed E-state index contributed by atoms with van der Waals surface area (Å²) in [7, 11) is -2.59. The summed E-state index contributed by atoms with van der Waals surface area (Å²) in [5.41, 5.74) is -0.455. The van der Waals surface area contributed by atoms with Gasteiger partial charge in [0, 0.05) is 32.5 Å². The van der Waals surface area contributed by atoms with Crippen LogP contribution in [0.2, 0.25) is 5.02 Å². The van der Waals surface area contributed by atoms with Crippen molar-refractivity contribution in [2.75, 3.05) is 40.1 Å². The first-order valence-electron chi connectivity index (χ1n) is 12.5.